The van der Waals surface area contributed by atoms with Crippen LogP contribution in [0.5, 0.6) is 0 Å². The monoisotopic (exact) mass is 353 g/mol. The van der Waals surface area contributed by atoms with Gasteiger partial charge in [-0.05, 0) is 22.4 Å². The summed E-state index contributed by atoms with van der Waals surface area (Å²) in [5.74, 6) is -0.405. The smallest absolute Gasteiger partial charge is 0.307 e. The summed E-state index contributed by atoms with van der Waals surface area (Å²) < 4.78 is 6.49. The van der Waals surface area contributed by atoms with Crippen molar-refractivity contribution >= 4 is 33.3 Å². The molecule has 0 atom stereocenters. The number of esters is 1. The molecular weight excluding hydrogens is 334 g/mol. The number of thiophene rings is 1. The predicted molar refractivity (Wildman–Crippen MR) is 99.4 cm³/mol. The summed E-state index contributed by atoms with van der Waals surface area (Å²) in [4.78, 5) is 23.7. The zero-order valence-corrected chi connectivity index (χ0v) is 14.6. The molecule has 3 aromatic rings. The second-order valence-electron chi connectivity index (χ2n) is 5.68. The third kappa shape index (κ3) is 4.90. The lowest BCUT2D eigenvalue weighted by molar-refractivity contribution is -0.144. The van der Waals surface area contributed by atoms with Gasteiger partial charge in [-0.25, -0.2) is 0 Å². The molecule has 128 valence electrons. The highest BCUT2D eigenvalue weighted by Gasteiger charge is 2.09. The second-order valence-corrected chi connectivity index (χ2v) is 6.59. The summed E-state index contributed by atoms with van der Waals surface area (Å²) >= 11 is 1.64. The zero-order chi connectivity index (χ0) is 17.5. The van der Waals surface area contributed by atoms with Gasteiger partial charge in [0.2, 0.25) is 5.91 Å². The number of amides is 1. The van der Waals surface area contributed by atoms with E-state index in [1.807, 2.05) is 60.0 Å². The van der Waals surface area contributed by atoms with E-state index in [0.29, 0.717) is 6.42 Å². The van der Waals surface area contributed by atoms with Crippen molar-refractivity contribution in [2.24, 2.45) is 0 Å². The van der Waals surface area contributed by atoms with Gasteiger partial charge in [0.25, 0.3) is 0 Å². The van der Waals surface area contributed by atoms with Crippen LogP contribution in [-0.4, -0.2) is 18.4 Å². The van der Waals surface area contributed by atoms with Crippen LogP contribution in [0.15, 0.2) is 60.0 Å². The van der Waals surface area contributed by atoms with E-state index in [1.54, 1.807) is 11.3 Å². The minimum Gasteiger partial charge on any atom is -0.461 e. The first-order valence-corrected chi connectivity index (χ1v) is 9.02. The molecule has 0 aliphatic rings. The van der Waals surface area contributed by atoms with Gasteiger partial charge in [-0.2, -0.15) is 0 Å². The standard InChI is InChI=1S/C20H19NO3S/c22-19(12-15-6-2-1-3-7-15)21-11-10-20(23)24-13-16-14-25-18-9-5-4-8-17(16)18/h1-9,14H,10-13H2,(H,21,22). The lowest BCUT2D eigenvalue weighted by Crippen LogP contribution is -2.27. The molecule has 0 radical (unpaired) electrons. The van der Waals surface area contributed by atoms with Crippen LogP contribution in [0, 0.1) is 0 Å². The summed E-state index contributed by atoms with van der Waals surface area (Å²) in [6.07, 6.45) is 0.485. The fourth-order valence-corrected chi connectivity index (χ4v) is 3.47. The molecule has 1 aromatic heterocycles. The van der Waals surface area contributed by atoms with E-state index in [2.05, 4.69) is 5.32 Å². The average molecular weight is 353 g/mol. The SMILES string of the molecule is O=C(Cc1ccccc1)NCCC(=O)OCc1csc2ccccc12. The Morgan fingerprint density at radius 3 is 2.60 bits per heavy atom. The minimum absolute atomic E-state index is 0.0946. The average Bonchev–Trinajstić information content (AvgIpc) is 3.04. The quantitative estimate of drug-likeness (QED) is 0.659. The van der Waals surface area contributed by atoms with E-state index >= 15 is 0 Å². The van der Waals surface area contributed by atoms with Crippen LogP contribution in [-0.2, 0) is 27.4 Å². The van der Waals surface area contributed by atoms with Gasteiger partial charge < -0.3 is 10.1 Å². The van der Waals surface area contributed by atoms with Crippen LogP contribution in [0.3, 0.4) is 0 Å². The van der Waals surface area contributed by atoms with Crippen molar-refractivity contribution in [3.8, 4) is 0 Å². The van der Waals surface area contributed by atoms with E-state index in [-0.39, 0.29) is 31.4 Å². The normalized spacial score (nSPS) is 10.6. The van der Waals surface area contributed by atoms with Crippen molar-refractivity contribution in [3.63, 3.8) is 0 Å². The van der Waals surface area contributed by atoms with Gasteiger partial charge in [0.05, 0.1) is 12.8 Å². The topological polar surface area (TPSA) is 55.4 Å². The number of nitrogens with one attached hydrogen (secondary N) is 1. The summed E-state index contributed by atoms with van der Waals surface area (Å²) in [6.45, 7) is 0.551. The number of fused-ring (bicyclic) bond motifs is 1. The lowest BCUT2D eigenvalue weighted by Gasteiger charge is -2.06. The second kappa shape index (κ2) is 8.44. The van der Waals surface area contributed by atoms with Crippen molar-refractivity contribution in [1.82, 2.24) is 5.32 Å². The van der Waals surface area contributed by atoms with Gasteiger partial charge in [-0.1, -0.05) is 48.5 Å². The summed E-state index contributed by atoms with van der Waals surface area (Å²) in [7, 11) is 0. The van der Waals surface area contributed by atoms with Crippen LogP contribution in [0.4, 0.5) is 0 Å². The van der Waals surface area contributed by atoms with E-state index in [4.69, 9.17) is 4.74 Å². The molecule has 0 fully saturated rings. The molecule has 1 N–H and O–H groups in total. The van der Waals surface area contributed by atoms with Crippen molar-refractivity contribution < 1.29 is 14.3 Å². The third-order valence-electron chi connectivity index (χ3n) is 3.81. The Kier molecular flexibility index (Phi) is 5.80. The Hall–Kier alpha value is -2.66. The summed E-state index contributed by atoms with van der Waals surface area (Å²) in [5, 5.41) is 5.88. The van der Waals surface area contributed by atoms with Gasteiger partial charge in [-0.15, -0.1) is 11.3 Å². The number of carbonyl (C=O) groups excluding carboxylic acids is 2. The molecule has 2 aromatic carbocycles. The van der Waals surface area contributed by atoms with Crippen LogP contribution >= 0.6 is 11.3 Å². The molecule has 1 heterocycles. The number of rotatable bonds is 7. The van der Waals surface area contributed by atoms with Crippen molar-refractivity contribution in [2.45, 2.75) is 19.4 Å². The maximum Gasteiger partial charge on any atom is 0.307 e. The molecule has 0 bridgehead atoms. The predicted octanol–water partition coefficient (Wildman–Crippen LogP) is 3.69. The highest BCUT2D eigenvalue weighted by atomic mass is 32.1. The van der Waals surface area contributed by atoms with Crippen LogP contribution in [0.1, 0.15) is 17.5 Å². The molecule has 25 heavy (non-hydrogen) atoms. The molecule has 0 spiro atoms. The summed E-state index contributed by atoms with van der Waals surface area (Å²) in [6, 6.07) is 17.6. The fourth-order valence-electron chi connectivity index (χ4n) is 2.52. The molecule has 0 saturated carbocycles. The van der Waals surface area contributed by atoms with Crippen molar-refractivity contribution in [3.05, 3.63) is 71.1 Å². The molecule has 0 unspecified atom stereocenters. The van der Waals surface area contributed by atoms with Crippen LogP contribution in [0.2, 0.25) is 0 Å². The molecule has 0 aliphatic heterocycles. The fraction of sp³-hybridized carbons (Fsp3) is 0.200. The van der Waals surface area contributed by atoms with E-state index in [9.17, 15) is 9.59 Å². The van der Waals surface area contributed by atoms with Gasteiger partial charge in [0.15, 0.2) is 0 Å². The Morgan fingerprint density at radius 1 is 1.00 bits per heavy atom. The van der Waals surface area contributed by atoms with Gasteiger partial charge in [0.1, 0.15) is 6.61 Å². The highest BCUT2D eigenvalue weighted by Crippen LogP contribution is 2.26. The molecular formula is C20H19NO3S. The largest absolute Gasteiger partial charge is 0.461 e. The zero-order valence-electron chi connectivity index (χ0n) is 13.7. The Balaban J connectivity index is 1.39. The van der Waals surface area contributed by atoms with Gasteiger partial charge in [0, 0.05) is 16.8 Å². The first kappa shape index (κ1) is 17.2. The van der Waals surface area contributed by atoms with Crippen LogP contribution < -0.4 is 5.32 Å². The lowest BCUT2D eigenvalue weighted by atomic mass is 10.1. The van der Waals surface area contributed by atoms with E-state index in [1.165, 1.54) is 4.70 Å². The number of benzene rings is 2. The number of carbonyl (C=O) groups is 2. The third-order valence-corrected chi connectivity index (χ3v) is 4.82. The molecule has 0 saturated heterocycles. The maximum absolute atomic E-state index is 11.8. The Morgan fingerprint density at radius 2 is 1.76 bits per heavy atom. The molecule has 3 rings (SSSR count). The Labute approximate surface area is 150 Å². The first-order chi connectivity index (χ1) is 12.2. The molecule has 1 amide bonds. The highest BCUT2D eigenvalue weighted by molar-refractivity contribution is 7.17. The number of hydrogen-bond acceptors (Lipinski definition) is 4. The van der Waals surface area contributed by atoms with Gasteiger partial charge >= 0.3 is 5.97 Å². The van der Waals surface area contributed by atoms with Crippen molar-refractivity contribution in [2.75, 3.05) is 6.54 Å². The van der Waals surface area contributed by atoms with E-state index < -0.39 is 0 Å². The molecule has 0 aliphatic carbocycles. The molecule has 5 heteroatoms. The molecule has 4 nitrogen and oxygen atoms in total. The number of hydrogen-bond donors (Lipinski definition) is 1. The van der Waals surface area contributed by atoms with Gasteiger partial charge in [-0.3, -0.25) is 9.59 Å². The number of ether oxygens (including phenoxy) is 1. The first-order valence-electron chi connectivity index (χ1n) is 8.14. The van der Waals surface area contributed by atoms with E-state index in [0.717, 1.165) is 16.5 Å². The maximum atomic E-state index is 11.8. The van der Waals surface area contributed by atoms with Crippen LogP contribution in [0.25, 0.3) is 10.1 Å². The minimum atomic E-state index is -0.310. The summed E-state index contributed by atoms with van der Waals surface area (Å²) in [5.41, 5.74) is 1.97. The Bertz CT molecular complexity index is 858. The van der Waals surface area contributed by atoms with Crippen molar-refractivity contribution in [1.29, 1.82) is 0 Å².